The van der Waals surface area contributed by atoms with Gasteiger partial charge in [0.05, 0.1) is 6.61 Å². The fraction of sp³-hybridized carbons (Fsp3) is 0.400. The lowest BCUT2D eigenvalue weighted by Gasteiger charge is -1.95. The second-order valence-electron chi connectivity index (χ2n) is 1.57. The Balaban J connectivity index is 2.87. The van der Waals surface area contributed by atoms with Crippen LogP contribution >= 0.6 is 0 Å². The van der Waals surface area contributed by atoms with E-state index >= 15 is 0 Å². The molecule has 1 aromatic heterocycles. The van der Waals surface area contributed by atoms with Gasteiger partial charge in [-0.2, -0.15) is 0 Å². The van der Waals surface area contributed by atoms with E-state index < -0.39 is 11.8 Å². The third-order valence-electron chi connectivity index (χ3n) is 0.905. The highest BCUT2D eigenvalue weighted by atomic mass is 16.6. The standard InChI is InChI=1S/C5H7NO4/c1-2-9-3-4(7)6-10-5(3)8/h8H,2H2,1H3,(H,6,7). The van der Waals surface area contributed by atoms with Crippen LogP contribution in [-0.4, -0.2) is 22.0 Å². The van der Waals surface area contributed by atoms with Gasteiger partial charge in [0, 0.05) is 0 Å². The summed E-state index contributed by atoms with van der Waals surface area (Å²) in [6, 6.07) is 0. The van der Waals surface area contributed by atoms with Crippen molar-refractivity contribution in [1.29, 1.82) is 0 Å². The number of rotatable bonds is 2. The van der Waals surface area contributed by atoms with E-state index in [0.717, 1.165) is 0 Å². The van der Waals surface area contributed by atoms with Crippen LogP contribution in [0.1, 0.15) is 6.92 Å². The summed E-state index contributed by atoms with van der Waals surface area (Å²) in [4.78, 5) is 0. The van der Waals surface area contributed by atoms with Crippen LogP contribution in [0, 0.1) is 0 Å². The highest BCUT2D eigenvalue weighted by molar-refractivity contribution is 5.38. The first-order chi connectivity index (χ1) is 4.75. The molecule has 0 aromatic carbocycles. The van der Waals surface area contributed by atoms with Crippen molar-refractivity contribution in [3.8, 4) is 17.6 Å². The van der Waals surface area contributed by atoms with E-state index in [4.69, 9.17) is 14.9 Å². The predicted octanol–water partition coefficient (Wildman–Crippen LogP) is 0.484. The first-order valence-electron chi connectivity index (χ1n) is 2.76. The zero-order chi connectivity index (χ0) is 7.56. The maximum Gasteiger partial charge on any atom is 0.356 e. The van der Waals surface area contributed by atoms with Gasteiger partial charge in [-0.15, -0.1) is 0 Å². The smallest absolute Gasteiger partial charge is 0.356 e. The molecule has 2 N–H and O–H groups in total. The fourth-order valence-electron chi connectivity index (χ4n) is 0.536. The number of hydrogen-bond acceptors (Lipinski definition) is 5. The van der Waals surface area contributed by atoms with Crippen molar-refractivity contribution in [3.05, 3.63) is 0 Å². The van der Waals surface area contributed by atoms with E-state index in [9.17, 15) is 0 Å². The summed E-state index contributed by atoms with van der Waals surface area (Å²) >= 11 is 0. The maximum atomic E-state index is 8.77. The first-order valence-corrected chi connectivity index (χ1v) is 2.76. The Bertz CT molecular complexity index is 200. The molecule has 5 nitrogen and oxygen atoms in total. The molecule has 56 valence electrons. The molecule has 0 aliphatic heterocycles. The summed E-state index contributed by atoms with van der Waals surface area (Å²) in [6.07, 6.45) is 0. The largest absolute Gasteiger partial charge is 0.488 e. The number of hydrogen-bond donors (Lipinski definition) is 2. The highest BCUT2D eigenvalue weighted by Crippen LogP contribution is 2.34. The van der Waals surface area contributed by atoms with E-state index in [0.29, 0.717) is 6.61 Å². The Morgan fingerprint density at radius 3 is 2.70 bits per heavy atom. The second-order valence-corrected chi connectivity index (χ2v) is 1.57. The number of aromatic nitrogens is 1. The van der Waals surface area contributed by atoms with Gasteiger partial charge in [-0.05, 0) is 12.1 Å². The summed E-state index contributed by atoms with van der Waals surface area (Å²) in [7, 11) is 0. The van der Waals surface area contributed by atoms with Gasteiger partial charge in [-0.3, -0.25) is 0 Å². The first kappa shape index (κ1) is 6.73. The molecule has 0 saturated carbocycles. The van der Waals surface area contributed by atoms with Crippen molar-refractivity contribution in [1.82, 2.24) is 5.16 Å². The van der Waals surface area contributed by atoms with Crippen LogP contribution in [0.2, 0.25) is 0 Å². The Morgan fingerprint density at radius 2 is 2.30 bits per heavy atom. The molecule has 0 spiro atoms. The van der Waals surface area contributed by atoms with E-state index in [1.54, 1.807) is 6.92 Å². The van der Waals surface area contributed by atoms with Crippen molar-refractivity contribution in [3.63, 3.8) is 0 Å². The second kappa shape index (κ2) is 2.47. The van der Waals surface area contributed by atoms with Crippen LogP contribution in [0.4, 0.5) is 0 Å². The average Bonchev–Trinajstić information content (AvgIpc) is 2.20. The van der Waals surface area contributed by atoms with Gasteiger partial charge in [0.15, 0.2) is 0 Å². The van der Waals surface area contributed by atoms with Crippen LogP contribution in [0.25, 0.3) is 0 Å². The molecule has 10 heavy (non-hydrogen) atoms. The summed E-state index contributed by atoms with van der Waals surface area (Å²) in [5.74, 6) is -1.04. The van der Waals surface area contributed by atoms with Crippen molar-refractivity contribution in [2.75, 3.05) is 6.61 Å². The van der Waals surface area contributed by atoms with E-state index in [-0.39, 0.29) is 5.75 Å². The lowest BCUT2D eigenvalue weighted by atomic mass is 10.6. The molecule has 1 rings (SSSR count). The topological polar surface area (TPSA) is 75.7 Å². The molecule has 0 atom stereocenters. The zero-order valence-corrected chi connectivity index (χ0v) is 5.37. The van der Waals surface area contributed by atoms with Gasteiger partial charge in [0.25, 0.3) is 11.6 Å². The monoisotopic (exact) mass is 145 g/mol. The molecule has 1 aromatic rings. The minimum Gasteiger partial charge on any atom is -0.488 e. The molecule has 0 saturated heterocycles. The van der Waals surface area contributed by atoms with Gasteiger partial charge in [-0.25, -0.2) is 0 Å². The van der Waals surface area contributed by atoms with E-state index in [1.165, 1.54) is 0 Å². The van der Waals surface area contributed by atoms with Crippen LogP contribution in [0.3, 0.4) is 0 Å². The third-order valence-corrected chi connectivity index (χ3v) is 0.905. The lowest BCUT2D eigenvalue weighted by Crippen LogP contribution is -1.89. The van der Waals surface area contributed by atoms with Crippen molar-refractivity contribution in [2.45, 2.75) is 6.92 Å². The van der Waals surface area contributed by atoms with E-state index in [2.05, 4.69) is 9.68 Å². The SMILES string of the molecule is CCOc1c(O)noc1O. The molecular weight excluding hydrogens is 138 g/mol. The summed E-state index contributed by atoms with van der Waals surface area (Å²) in [6.45, 7) is 2.05. The van der Waals surface area contributed by atoms with Crippen molar-refractivity contribution < 1.29 is 19.5 Å². The molecule has 0 fully saturated rings. The number of ether oxygens (including phenoxy) is 1. The minimum atomic E-state index is -0.501. The highest BCUT2D eigenvalue weighted by Gasteiger charge is 2.14. The van der Waals surface area contributed by atoms with Gasteiger partial charge < -0.3 is 19.5 Å². The maximum absolute atomic E-state index is 8.77. The van der Waals surface area contributed by atoms with Gasteiger partial charge >= 0.3 is 5.95 Å². The Labute approximate surface area is 56.8 Å². The molecule has 0 amide bonds. The van der Waals surface area contributed by atoms with Crippen molar-refractivity contribution >= 4 is 0 Å². The van der Waals surface area contributed by atoms with Crippen LogP contribution in [-0.2, 0) is 0 Å². The average molecular weight is 145 g/mol. The molecule has 0 aliphatic rings. The van der Waals surface area contributed by atoms with Crippen LogP contribution in [0.15, 0.2) is 4.52 Å². The minimum absolute atomic E-state index is 0.109. The zero-order valence-electron chi connectivity index (χ0n) is 5.37. The molecule has 0 aliphatic carbocycles. The Hall–Kier alpha value is -1.39. The molecule has 5 heteroatoms. The normalized spacial score (nSPS) is 9.70. The fourth-order valence-corrected chi connectivity index (χ4v) is 0.536. The molecular formula is C5H7NO4. The molecule has 0 bridgehead atoms. The number of nitrogens with zero attached hydrogens (tertiary/aromatic N) is 1. The third kappa shape index (κ3) is 0.975. The number of aromatic hydroxyl groups is 2. The van der Waals surface area contributed by atoms with Gasteiger partial charge in [-0.1, -0.05) is 0 Å². The summed E-state index contributed by atoms with van der Waals surface area (Å²) in [5, 5.41) is 20.6. The Kier molecular flexibility index (Phi) is 1.66. The molecule has 0 unspecified atom stereocenters. The molecule has 1 heterocycles. The van der Waals surface area contributed by atoms with Crippen LogP contribution < -0.4 is 4.74 Å². The van der Waals surface area contributed by atoms with Gasteiger partial charge in [0.2, 0.25) is 0 Å². The predicted molar refractivity (Wildman–Crippen MR) is 31.0 cm³/mol. The lowest BCUT2D eigenvalue weighted by molar-refractivity contribution is 0.250. The van der Waals surface area contributed by atoms with E-state index in [1.807, 2.05) is 0 Å². The van der Waals surface area contributed by atoms with Gasteiger partial charge in [0.1, 0.15) is 0 Å². The molecule has 0 radical (unpaired) electrons. The van der Waals surface area contributed by atoms with Crippen LogP contribution in [0.5, 0.6) is 17.6 Å². The van der Waals surface area contributed by atoms with Crippen molar-refractivity contribution in [2.24, 2.45) is 0 Å². The Morgan fingerprint density at radius 1 is 1.60 bits per heavy atom. The summed E-state index contributed by atoms with van der Waals surface area (Å²) < 4.78 is 8.93. The quantitative estimate of drug-likeness (QED) is 0.633. The summed E-state index contributed by atoms with van der Waals surface area (Å²) in [5.41, 5.74) is 0.